The van der Waals surface area contributed by atoms with Gasteiger partial charge < -0.3 is 14.7 Å². The lowest BCUT2D eigenvalue weighted by Crippen LogP contribution is -2.26. The van der Waals surface area contributed by atoms with Crippen molar-refractivity contribution < 1.29 is 19.0 Å². The summed E-state index contributed by atoms with van der Waals surface area (Å²) in [6, 6.07) is 3.90. The van der Waals surface area contributed by atoms with Gasteiger partial charge in [-0.05, 0) is 32.3 Å². The van der Waals surface area contributed by atoms with Gasteiger partial charge in [-0.2, -0.15) is 0 Å². The normalized spacial score (nSPS) is 12.5. The van der Waals surface area contributed by atoms with Gasteiger partial charge in [0.05, 0.1) is 13.0 Å². The summed E-state index contributed by atoms with van der Waals surface area (Å²) in [4.78, 5) is 12.9. The number of rotatable bonds is 5. The van der Waals surface area contributed by atoms with Crippen LogP contribution in [0.15, 0.2) is 18.2 Å². The van der Waals surface area contributed by atoms with Crippen molar-refractivity contribution in [3.8, 4) is 5.75 Å². The highest BCUT2D eigenvalue weighted by atomic mass is 19.1. The lowest BCUT2D eigenvalue weighted by Gasteiger charge is -2.19. The van der Waals surface area contributed by atoms with Crippen LogP contribution in [0.2, 0.25) is 0 Å². The highest BCUT2D eigenvalue weighted by molar-refractivity contribution is 5.77. The van der Waals surface area contributed by atoms with Gasteiger partial charge in [-0.1, -0.05) is 0 Å². The van der Waals surface area contributed by atoms with E-state index >= 15 is 0 Å². The molecule has 0 fully saturated rings. The van der Waals surface area contributed by atoms with Crippen molar-refractivity contribution in [2.75, 3.05) is 27.7 Å². The molecule has 0 aliphatic carbocycles. The van der Waals surface area contributed by atoms with E-state index in [0.29, 0.717) is 11.3 Å². The molecule has 0 saturated heterocycles. The molecule has 4 nitrogen and oxygen atoms in total. The van der Waals surface area contributed by atoms with E-state index in [0.717, 1.165) is 0 Å². The van der Waals surface area contributed by atoms with Gasteiger partial charge in [0.15, 0.2) is 0 Å². The topological polar surface area (TPSA) is 49.8 Å². The quantitative estimate of drug-likeness (QED) is 0.850. The monoisotopic (exact) mass is 241 g/mol. The molecular formula is C12H16FNO3. The summed E-state index contributed by atoms with van der Waals surface area (Å²) < 4.78 is 18.2. The number of methoxy groups -OCH3 is 1. The number of carboxylic acids is 1. The molecule has 0 heterocycles. The Morgan fingerprint density at radius 1 is 1.53 bits per heavy atom. The molecule has 0 spiro atoms. The molecule has 0 amide bonds. The van der Waals surface area contributed by atoms with Crippen LogP contribution in [0.4, 0.5) is 4.39 Å². The molecule has 0 saturated carbocycles. The van der Waals surface area contributed by atoms with E-state index in [2.05, 4.69) is 0 Å². The molecule has 1 atom stereocenters. The SMILES string of the molecule is COc1ccc(F)cc1C(CN(C)C)C(=O)O. The van der Waals surface area contributed by atoms with E-state index in [9.17, 15) is 14.3 Å². The number of halogens is 1. The molecule has 1 unspecified atom stereocenters. The first-order chi connectivity index (χ1) is 7.95. The molecule has 0 aromatic heterocycles. The van der Waals surface area contributed by atoms with Crippen molar-refractivity contribution in [3.05, 3.63) is 29.6 Å². The molecule has 0 aliphatic heterocycles. The maximum Gasteiger partial charge on any atom is 0.312 e. The molecule has 0 radical (unpaired) electrons. The Hall–Kier alpha value is -1.62. The second-order valence-electron chi connectivity index (χ2n) is 4.04. The van der Waals surface area contributed by atoms with E-state index in [1.54, 1.807) is 19.0 Å². The van der Waals surface area contributed by atoms with Crippen molar-refractivity contribution in [1.82, 2.24) is 4.90 Å². The zero-order valence-corrected chi connectivity index (χ0v) is 10.1. The number of ether oxygens (including phenoxy) is 1. The van der Waals surface area contributed by atoms with Crippen LogP contribution in [0.1, 0.15) is 11.5 Å². The number of likely N-dealkylation sites (N-methyl/N-ethyl adjacent to an activating group) is 1. The minimum Gasteiger partial charge on any atom is -0.496 e. The predicted octanol–water partition coefficient (Wildman–Crippen LogP) is 1.56. The van der Waals surface area contributed by atoms with Crippen LogP contribution in [-0.4, -0.2) is 43.7 Å². The Balaban J connectivity index is 3.16. The average molecular weight is 241 g/mol. The summed E-state index contributed by atoms with van der Waals surface area (Å²) in [7, 11) is 4.97. The van der Waals surface area contributed by atoms with Gasteiger partial charge in [-0.25, -0.2) is 4.39 Å². The number of hydrogen-bond donors (Lipinski definition) is 1. The summed E-state index contributed by atoms with van der Waals surface area (Å²) in [5.41, 5.74) is 0.355. The summed E-state index contributed by atoms with van der Waals surface area (Å²) in [5, 5.41) is 9.18. The minimum atomic E-state index is -0.998. The molecule has 17 heavy (non-hydrogen) atoms. The lowest BCUT2D eigenvalue weighted by atomic mass is 9.97. The van der Waals surface area contributed by atoms with Crippen molar-refractivity contribution >= 4 is 5.97 Å². The second-order valence-corrected chi connectivity index (χ2v) is 4.04. The van der Waals surface area contributed by atoms with E-state index < -0.39 is 17.7 Å². The highest BCUT2D eigenvalue weighted by Gasteiger charge is 2.24. The van der Waals surface area contributed by atoms with Gasteiger partial charge >= 0.3 is 5.97 Å². The number of nitrogens with zero attached hydrogens (tertiary/aromatic N) is 1. The van der Waals surface area contributed by atoms with E-state index in [1.165, 1.54) is 25.3 Å². The first kappa shape index (κ1) is 13.4. The summed E-state index contributed by atoms with van der Waals surface area (Å²) in [6.45, 7) is 0.287. The second kappa shape index (κ2) is 5.63. The smallest absolute Gasteiger partial charge is 0.312 e. The third-order valence-electron chi connectivity index (χ3n) is 2.41. The van der Waals surface area contributed by atoms with Crippen molar-refractivity contribution in [2.24, 2.45) is 0 Å². The van der Waals surface area contributed by atoms with Crippen molar-refractivity contribution in [2.45, 2.75) is 5.92 Å². The fourth-order valence-corrected chi connectivity index (χ4v) is 1.65. The van der Waals surface area contributed by atoms with Gasteiger partial charge in [0, 0.05) is 12.1 Å². The van der Waals surface area contributed by atoms with Crippen LogP contribution in [0, 0.1) is 5.82 Å². The third kappa shape index (κ3) is 3.42. The molecule has 94 valence electrons. The van der Waals surface area contributed by atoms with Crippen LogP contribution in [-0.2, 0) is 4.79 Å². The minimum absolute atomic E-state index is 0.287. The fraction of sp³-hybridized carbons (Fsp3) is 0.417. The first-order valence-electron chi connectivity index (χ1n) is 5.16. The van der Waals surface area contributed by atoms with Crippen molar-refractivity contribution in [1.29, 1.82) is 0 Å². The largest absolute Gasteiger partial charge is 0.496 e. The zero-order chi connectivity index (χ0) is 13.0. The number of carbonyl (C=O) groups is 1. The van der Waals surface area contributed by atoms with Gasteiger partial charge in [0.1, 0.15) is 11.6 Å². The average Bonchev–Trinajstić information content (AvgIpc) is 2.25. The first-order valence-corrected chi connectivity index (χ1v) is 5.16. The van der Waals surface area contributed by atoms with Gasteiger partial charge in [0.25, 0.3) is 0 Å². The Morgan fingerprint density at radius 2 is 2.18 bits per heavy atom. The van der Waals surface area contributed by atoms with Crippen LogP contribution >= 0.6 is 0 Å². The Morgan fingerprint density at radius 3 is 2.65 bits per heavy atom. The number of benzene rings is 1. The Kier molecular flexibility index (Phi) is 4.45. The molecule has 1 N–H and O–H groups in total. The van der Waals surface area contributed by atoms with Crippen LogP contribution in [0.5, 0.6) is 5.75 Å². The third-order valence-corrected chi connectivity index (χ3v) is 2.41. The number of hydrogen-bond acceptors (Lipinski definition) is 3. The maximum absolute atomic E-state index is 13.2. The molecular weight excluding hydrogens is 225 g/mol. The molecule has 0 aliphatic rings. The Labute approximate surface area is 99.6 Å². The van der Waals surface area contributed by atoms with E-state index in [-0.39, 0.29) is 6.54 Å². The fourth-order valence-electron chi connectivity index (χ4n) is 1.65. The van der Waals surface area contributed by atoms with Crippen LogP contribution < -0.4 is 4.74 Å². The number of carboxylic acid groups (broad SMARTS) is 1. The maximum atomic E-state index is 13.2. The highest BCUT2D eigenvalue weighted by Crippen LogP contribution is 2.28. The summed E-state index contributed by atoms with van der Waals surface area (Å²) >= 11 is 0. The molecule has 0 bridgehead atoms. The van der Waals surface area contributed by atoms with Gasteiger partial charge in [0.2, 0.25) is 0 Å². The number of aliphatic carboxylic acids is 1. The predicted molar refractivity (Wildman–Crippen MR) is 61.9 cm³/mol. The molecule has 1 aromatic rings. The van der Waals surface area contributed by atoms with E-state index in [1.807, 2.05) is 0 Å². The summed E-state index contributed by atoms with van der Waals surface area (Å²) in [5.74, 6) is -1.88. The van der Waals surface area contributed by atoms with Crippen molar-refractivity contribution in [3.63, 3.8) is 0 Å². The van der Waals surface area contributed by atoms with Crippen LogP contribution in [0.3, 0.4) is 0 Å². The molecule has 1 aromatic carbocycles. The lowest BCUT2D eigenvalue weighted by molar-refractivity contribution is -0.139. The standard InChI is InChI=1S/C12H16FNO3/c1-14(2)7-10(12(15)16)9-6-8(13)4-5-11(9)17-3/h4-6,10H,7H2,1-3H3,(H,15,16). The van der Waals surface area contributed by atoms with E-state index in [4.69, 9.17) is 4.74 Å². The van der Waals surface area contributed by atoms with Gasteiger partial charge in [-0.15, -0.1) is 0 Å². The van der Waals surface area contributed by atoms with Crippen LogP contribution in [0.25, 0.3) is 0 Å². The summed E-state index contributed by atoms with van der Waals surface area (Å²) in [6.07, 6.45) is 0. The molecule has 1 rings (SSSR count). The zero-order valence-electron chi connectivity index (χ0n) is 10.1. The van der Waals surface area contributed by atoms with Gasteiger partial charge in [-0.3, -0.25) is 4.79 Å². The Bertz CT molecular complexity index is 407. The molecule has 5 heteroatoms.